The van der Waals surface area contributed by atoms with Gasteiger partial charge in [0.15, 0.2) is 11.5 Å². The summed E-state index contributed by atoms with van der Waals surface area (Å²) in [7, 11) is 0. The lowest BCUT2D eigenvalue weighted by Crippen LogP contribution is -2.08. The van der Waals surface area contributed by atoms with E-state index in [4.69, 9.17) is 4.42 Å². The van der Waals surface area contributed by atoms with E-state index in [0.29, 0.717) is 16.9 Å². The summed E-state index contributed by atoms with van der Waals surface area (Å²) in [5.41, 5.74) is 1.63. The molecule has 0 atom stereocenters. The molecule has 4 aromatic carbocycles. The van der Waals surface area contributed by atoms with E-state index in [9.17, 15) is 15.0 Å². The van der Waals surface area contributed by atoms with Crippen molar-refractivity contribution < 1.29 is 14.6 Å². The first-order valence-electron chi connectivity index (χ1n) is 9.20. The normalized spacial score (nSPS) is 11.2. The number of aromatic hydroxyl groups is 2. The third-order valence-electron chi connectivity index (χ3n) is 5.11. The molecule has 0 aliphatic heterocycles. The highest BCUT2D eigenvalue weighted by molar-refractivity contribution is 6.02. The first-order chi connectivity index (χ1) is 14.1. The van der Waals surface area contributed by atoms with Gasteiger partial charge in [-0.05, 0) is 28.5 Å². The monoisotopic (exact) mass is 380 g/mol. The zero-order valence-corrected chi connectivity index (χ0v) is 15.3. The highest BCUT2D eigenvalue weighted by atomic mass is 16.3. The third kappa shape index (κ3) is 2.65. The summed E-state index contributed by atoms with van der Waals surface area (Å²) in [6.45, 7) is 0. The van der Waals surface area contributed by atoms with Gasteiger partial charge in [0.1, 0.15) is 16.7 Å². The molecule has 140 valence electrons. The molecule has 4 nitrogen and oxygen atoms in total. The van der Waals surface area contributed by atoms with Crippen molar-refractivity contribution in [1.82, 2.24) is 0 Å². The molecule has 0 saturated heterocycles. The van der Waals surface area contributed by atoms with Crippen molar-refractivity contribution in [1.29, 1.82) is 0 Å². The Morgan fingerprint density at radius 1 is 0.724 bits per heavy atom. The molecule has 29 heavy (non-hydrogen) atoms. The Morgan fingerprint density at radius 2 is 1.45 bits per heavy atom. The highest BCUT2D eigenvalue weighted by Crippen LogP contribution is 2.39. The van der Waals surface area contributed by atoms with Crippen molar-refractivity contribution in [2.45, 2.75) is 0 Å². The fourth-order valence-electron chi connectivity index (χ4n) is 3.74. The van der Waals surface area contributed by atoms with Gasteiger partial charge in [-0.15, -0.1) is 0 Å². The number of hydrogen-bond donors (Lipinski definition) is 2. The molecule has 0 saturated carbocycles. The second kappa shape index (κ2) is 6.53. The lowest BCUT2D eigenvalue weighted by atomic mass is 9.94. The zero-order chi connectivity index (χ0) is 20.0. The van der Waals surface area contributed by atoms with Crippen molar-refractivity contribution in [3.8, 4) is 33.9 Å². The van der Waals surface area contributed by atoms with Gasteiger partial charge in [-0.3, -0.25) is 4.79 Å². The Bertz CT molecular complexity index is 1430. The molecule has 5 rings (SSSR count). The first kappa shape index (κ1) is 17.1. The van der Waals surface area contributed by atoms with Crippen LogP contribution in [0.4, 0.5) is 0 Å². The summed E-state index contributed by atoms with van der Waals surface area (Å²) in [5, 5.41) is 22.2. The van der Waals surface area contributed by atoms with Crippen LogP contribution >= 0.6 is 0 Å². The lowest BCUT2D eigenvalue weighted by Gasteiger charge is -2.13. The summed E-state index contributed by atoms with van der Waals surface area (Å²) in [6.07, 6.45) is 0. The Morgan fingerprint density at radius 3 is 2.28 bits per heavy atom. The quantitative estimate of drug-likeness (QED) is 0.386. The van der Waals surface area contributed by atoms with Crippen LogP contribution in [0.3, 0.4) is 0 Å². The van der Waals surface area contributed by atoms with E-state index in [2.05, 4.69) is 0 Å². The number of rotatable bonds is 2. The molecule has 2 N–H and O–H groups in total. The van der Waals surface area contributed by atoms with Crippen LogP contribution in [0.15, 0.2) is 94.1 Å². The van der Waals surface area contributed by atoms with E-state index >= 15 is 0 Å². The second-order valence-corrected chi connectivity index (χ2v) is 6.83. The fraction of sp³-hybridized carbons (Fsp3) is 0. The second-order valence-electron chi connectivity index (χ2n) is 6.83. The Balaban J connectivity index is 1.99. The summed E-state index contributed by atoms with van der Waals surface area (Å²) in [4.78, 5) is 13.6. The topological polar surface area (TPSA) is 70.7 Å². The van der Waals surface area contributed by atoms with Gasteiger partial charge < -0.3 is 14.6 Å². The summed E-state index contributed by atoms with van der Waals surface area (Å²) in [6, 6.07) is 25.7. The Hall–Kier alpha value is -4.05. The van der Waals surface area contributed by atoms with E-state index in [1.54, 1.807) is 0 Å². The Kier molecular flexibility index (Phi) is 3.85. The van der Waals surface area contributed by atoms with Crippen LogP contribution in [-0.2, 0) is 0 Å². The average Bonchev–Trinajstić information content (AvgIpc) is 2.76. The zero-order valence-electron chi connectivity index (χ0n) is 15.3. The van der Waals surface area contributed by atoms with Crippen molar-refractivity contribution in [3.05, 3.63) is 95.2 Å². The standard InChI is InChI=1S/C25H16O4/c26-19-13-14-20-22(23(19)27)24(28)21(25(29-20)16-8-2-1-3-9-16)18-12-6-10-15-7-4-5-11-17(15)18/h1-14,26-27H. The largest absolute Gasteiger partial charge is 0.504 e. The van der Waals surface area contributed by atoms with Crippen molar-refractivity contribution in [2.24, 2.45) is 0 Å². The minimum Gasteiger partial charge on any atom is -0.504 e. The minimum absolute atomic E-state index is 0.0346. The molecule has 0 amide bonds. The maximum absolute atomic E-state index is 13.6. The maximum atomic E-state index is 13.6. The lowest BCUT2D eigenvalue weighted by molar-refractivity contribution is 0.407. The number of benzene rings is 4. The molecule has 1 heterocycles. The molecule has 0 aliphatic rings. The van der Waals surface area contributed by atoms with Gasteiger partial charge in [0, 0.05) is 5.56 Å². The number of hydrogen-bond acceptors (Lipinski definition) is 4. The van der Waals surface area contributed by atoms with Crippen molar-refractivity contribution in [2.75, 3.05) is 0 Å². The molecule has 5 aromatic rings. The molecule has 0 fully saturated rings. The molecule has 0 aliphatic carbocycles. The first-order valence-corrected chi connectivity index (χ1v) is 9.20. The third-order valence-corrected chi connectivity index (χ3v) is 5.11. The molecule has 0 spiro atoms. The molecule has 4 heteroatoms. The van der Waals surface area contributed by atoms with Crippen molar-refractivity contribution in [3.63, 3.8) is 0 Å². The van der Waals surface area contributed by atoms with Gasteiger partial charge in [-0.2, -0.15) is 0 Å². The predicted octanol–water partition coefficient (Wildman–Crippen LogP) is 5.69. The van der Waals surface area contributed by atoms with E-state index < -0.39 is 11.2 Å². The number of fused-ring (bicyclic) bond motifs is 2. The van der Waals surface area contributed by atoms with Gasteiger partial charge in [-0.25, -0.2) is 0 Å². The minimum atomic E-state index is -0.475. The van der Waals surface area contributed by atoms with E-state index in [-0.39, 0.29) is 16.7 Å². The van der Waals surface area contributed by atoms with Crippen LogP contribution < -0.4 is 5.43 Å². The van der Waals surface area contributed by atoms with E-state index in [1.807, 2.05) is 72.8 Å². The molecule has 0 radical (unpaired) electrons. The predicted molar refractivity (Wildman–Crippen MR) is 114 cm³/mol. The Labute approximate surface area is 165 Å². The molecular formula is C25H16O4. The van der Waals surface area contributed by atoms with Gasteiger partial charge in [0.25, 0.3) is 0 Å². The van der Waals surface area contributed by atoms with Gasteiger partial charge in [0.05, 0.1) is 5.56 Å². The van der Waals surface area contributed by atoms with Crippen molar-refractivity contribution >= 4 is 21.7 Å². The molecule has 1 aromatic heterocycles. The summed E-state index contributed by atoms with van der Waals surface area (Å²) in [5.74, 6) is -0.414. The van der Waals surface area contributed by atoms with Crippen LogP contribution in [0, 0.1) is 0 Å². The SMILES string of the molecule is O=c1c(-c2cccc3ccccc23)c(-c2ccccc2)oc2ccc(O)c(O)c12. The van der Waals surface area contributed by atoms with E-state index in [0.717, 1.165) is 16.3 Å². The van der Waals surface area contributed by atoms with Crippen LogP contribution in [0.5, 0.6) is 11.5 Å². The fourth-order valence-corrected chi connectivity index (χ4v) is 3.74. The molecular weight excluding hydrogens is 364 g/mol. The smallest absolute Gasteiger partial charge is 0.205 e. The number of phenolic OH excluding ortho intramolecular Hbond substituents is 2. The molecule has 0 unspecified atom stereocenters. The van der Waals surface area contributed by atoms with Gasteiger partial charge >= 0.3 is 0 Å². The average molecular weight is 380 g/mol. The summed E-state index contributed by atoms with van der Waals surface area (Å²) >= 11 is 0. The van der Waals surface area contributed by atoms with Crippen LogP contribution in [0.2, 0.25) is 0 Å². The highest BCUT2D eigenvalue weighted by Gasteiger charge is 2.22. The van der Waals surface area contributed by atoms with Crippen LogP contribution in [0.1, 0.15) is 0 Å². The summed E-state index contributed by atoms with van der Waals surface area (Å²) < 4.78 is 6.13. The van der Waals surface area contributed by atoms with Crippen LogP contribution in [0.25, 0.3) is 44.2 Å². The van der Waals surface area contributed by atoms with Gasteiger partial charge in [0.2, 0.25) is 5.43 Å². The maximum Gasteiger partial charge on any atom is 0.205 e. The van der Waals surface area contributed by atoms with Crippen LogP contribution in [-0.4, -0.2) is 10.2 Å². The number of phenols is 2. The molecule has 0 bridgehead atoms. The van der Waals surface area contributed by atoms with E-state index in [1.165, 1.54) is 12.1 Å². The van der Waals surface area contributed by atoms with Gasteiger partial charge in [-0.1, -0.05) is 72.8 Å².